The summed E-state index contributed by atoms with van der Waals surface area (Å²) in [4.78, 5) is 21.9. The summed E-state index contributed by atoms with van der Waals surface area (Å²) in [6.07, 6.45) is -1.04. The SMILES string of the molecule is C=CCOC(=O)NCC1(C(=O)O)CC(F)(F)C1. The molecule has 0 heterocycles. The van der Waals surface area contributed by atoms with Crippen LogP contribution in [0.1, 0.15) is 12.8 Å². The molecule has 0 radical (unpaired) electrons. The molecule has 0 aromatic rings. The molecule has 96 valence electrons. The molecule has 1 fully saturated rings. The minimum atomic E-state index is -2.97. The highest BCUT2D eigenvalue weighted by molar-refractivity contribution is 5.78. The second kappa shape index (κ2) is 4.68. The molecule has 0 aromatic heterocycles. The van der Waals surface area contributed by atoms with Crippen LogP contribution >= 0.6 is 0 Å². The second-order valence-electron chi connectivity index (χ2n) is 4.04. The summed E-state index contributed by atoms with van der Waals surface area (Å²) in [5, 5.41) is 11.0. The van der Waals surface area contributed by atoms with Crippen LogP contribution in [-0.4, -0.2) is 36.2 Å². The first-order chi connectivity index (χ1) is 7.81. The van der Waals surface area contributed by atoms with Crippen LogP contribution in [0.3, 0.4) is 0 Å². The Balaban J connectivity index is 2.45. The first kappa shape index (κ1) is 13.4. The predicted molar refractivity (Wildman–Crippen MR) is 53.8 cm³/mol. The Kier molecular flexibility index (Phi) is 3.69. The zero-order chi connectivity index (χ0) is 13.1. The quantitative estimate of drug-likeness (QED) is 0.722. The number of carboxylic acid groups (broad SMARTS) is 1. The molecule has 2 N–H and O–H groups in total. The predicted octanol–water partition coefficient (Wildman–Crippen LogP) is 1.40. The average molecular weight is 249 g/mol. The Morgan fingerprint density at radius 1 is 1.47 bits per heavy atom. The summed E-state index contributed by atoms with van der Waals surface area (Å²) in [5.74, 6) is -4.31. The zero-order valence-electron chi connectivity index (χ0n) is 9.04. The van der Waals surface area contributed by atoms with Gasteiger partial charge < -0.3 is 15.2 Å². The van der Waals surface area contributed by atoms with Gasteiger partial charge in [-0.3, -0.25) is 4.79 Å². The van der Waals surface area contributed by atoms with Gasteiger partial charge in [-0.25, -0.2) is 13.6 Å². The van der Waals surface area contributed by atoms with Crippen LogP contribution in [0.15, 0.2) is 12.7 Å². The third-order valence-electron chi connectivity index (χ3n) is 2.55. The van der Waals surface area contributed by atoms with Crippen LogP contribution in [0.25, 0.3) is 0 Å². The highest BCUT2D eigenvalue weighted by atomic mass is 19.3. The van der Waals surface area contributed by atoms with E-state index in [-0.39, 0.29) is 13.2 Å². The fourth-order valence-electron chi connectivity index (χ4n) is 1.72. The number of alkyl halides is 2. The molecule has 1 amide bonds. The topological polar surface area (TPSA) is 75.6 Å². The molecule has 7 heteroatoms. The van der Waals surface area contributed by atoms with E-state index in [0.717, 1.165) is 0 Å². The van der Waals surface area contributed by atoms with Crippen molar-refractivity contribution in [1.29, 1.82) is 0 Å². The summed E-state index contributed by atoms with van der Waals surface area (Å²) in [5.41, 5.74) is -1.59. The molecular formula is C10H13F2NO4. The zero-order valence-corrected chi connectivity index (χ0v) is 9.04. The number of amides is 1. The van der Waals surface area contributed by atoms with Crippen molar-refractivity contribution < 1.29 is 28.2 Å². The maximum absolute atomic E-state index is 12.7. The summed E-state index contributed by atoms with van der Waals surface area (Å²) < 4.78 is 29.9. The number of halogens is 2. The summed E-state index contributed by atoms with van der Waals surface area (Å²) >= 11 is 0. The minimum absolute atomic E-state index is 0.0257. The molecule has 1 saturated carbocycles. The molecule has 0 unspecified atom stereocenters. The van der Waals surface area contributed by atoms with Crippen molar-refractivity contribution in [1.82, 2.24) is 5.32 Å². The van der Waals surface area contributed by atoms with Gasteiger partial charge in [0.25, 0.3) is 5.92 Å². The molecule has 1 aliphatic carbocycles. The molecule has 0 aromatic carbocycles. The molecule has 0 spiro atoms. The maximum atomic E-state index is 12.7. The fraction of sp³-hybridized carbons (Fsp3) is 0.600. The van der Waals surface area contributed by atoms with Gasteiger partial charge in [0.15, 0.2) is 0 Å². The Bertz CT molecular complexity index is 335. The number of carboxylic acids is 1. The van der Waals surface area contributed by atoms with E-state index in [9.17, 15) is 18.4 Å². The van der Waals surface area contributed by atoms with E-state index in [4.69, 9.17) is 5.11 Å². The minimum Gasteiger partial charge on any atom is -0.481 e. The normalized spacial score (nSPS) is 19.9. The summed E-state index contributed by atoms with van der Waals surface area (Å²) in [7, 11) is 0. The Morgan fingerprint density at radius 2 is 2.06 bits per heavy atom. The van der Waals surface area contributed by atoms with Gasteiger partial charge in [-0.05, 0) is 0 Å². The maximum Gasteiger partial charge on any atom is 0.407 e. The van der Waals surface area contributed by atoms with Gasteiger partial charge in [0.1, 0.15) is 6.61 Å². The van der Waals surface area contributed by atoms with Gasteiger partial charge in [-0.2, -0.15) is 0 Å². The van der Waals surface area contributed by atoms with Gasteiger partial charge >= 0.3 is 12.1 Å². The number of alkyl carbamates (subject to hydrolysis) is 1. The number of carbonyl (C=O) groups excluding carboxylic acids is 1. The molecule has 0 aliphatic heterocycles. The summed E-state index contributed by atoms with van der Waals surface area (Å²) in [6.45, 7) is 2.92. The standard InChI is InChI=1S/C10H13F2NO4/c1-2-3-17-8(16)13-6-9(7(14)15)4-10(11,12)5-9/h2H,1,3-6H2,(H,13,16)(H,14,15). The first-order valence-corrected chi connectivity index (χ1v) is 4.94. The van der Waals surface area contributed by atoms with Crippen molar-refractivity contribution in [2.45, 2.75) is 18.8 Å². The highest BCUT2D eigenvalue weighted by Gasteiger charge is 2.61. The third kappa shape index (κ3) is 3.15. The largest absolute Gasteiger partial charge is 0.481 e. The Morgan fingerprint density at radius 3 is 2.47 bits per heavy atom. The van der Waals surface area contributed by atoms with Crippen LogP contribution in [-0.2, 0) is 9.53 Å². The average Bonchev–Trinajstić information content (AvgIpc) is 2.19. The van der Waals surface area contributed by atoms with Crippen LogP contribution in [0, 0.1) is 5.41 Å². The lowest BCUT2D eigenvalue weighted by Gasteiger charge is -2.43. The number of hydrogen-bond acceptors (Lipinski definition) is 3. The highest BCUT2D eigenvalue weighted by Crippen LogP contribution is 2.51. The second-order valence-corrected chi connectivity index (χ2v) is 4.04. The van der Waals surface area contributed by atoms with Gasteiger partial charge in [0, 0.05) is 19.4 Å². The van der Waals surface area contributed by atoms with Crippen LogP contribution in [0.4, 0.5) is 13.6 Å². The number of hydrogen-bond donors (Lipinski definition) is 2. The van der Waals surface area contributed by atoms with Gasteiger partial charge in [-0.15, -0.1) is 0 Å². The number of carbonyl (C=O) groups is 2. The number of aliphatic carboxylic acids is 1. The lowest BCUT2D eigenvalue weighted by molar-refractivity contribution is -0.192. The van der Waals surface area contributed by atoms with Gasteiger partial charge in [-0.1, -0.05) is 12.7 Å². The van der Waals surface area contributed by atoms with Crippen molar-refractivity contribution in [2.24, 2.45) is 5.41 Å². The Hall–Kier alpha value is -1.66. The monoisotopic (exact) mass is 249 g/mol. The molecular weight excluding hydrogens is 236 g/mol. The van der Waals surface area contributed by atoms with Gasteiger partial charge in [0.2, 0.25) is 0 Å². The van der Waals surface area contributed by atoms with E-state index < -0.39 is 36.2 Å². The molecule has 1 rings (SSSR count). The van der Waals surface area contributed by atoms with Gasteiger partial charge in [0.05, 0.1) is 5.41 Å². The number of ether oxygens (including phenoxy) is 1. The number of rotatable bonds is 5. The third-order valence-corrected chi connectivity index (χ3v) is 2.55. The molecule has 1 aliphatic rings. The van der Waals surface area contributed by atoms with Crippen molar-refractivity contribution in [3.8, 4) is 0 Å². The van der Waals surface area contributed by atoms with Crippen LogP contribution < -0.4 is 5.32 Å². The van der Waals surface area contributed by atoms with E-state index in [1.165, 1.54) is 6.08 Å². The molecule has 0 bridgehead atoms. The van der Waals surface area contributed by atoms with E-state index >= 15 is 0 Å². The first-order valence-electron chi connectivity index (χ1n) is 4.94. The van der Waals surface area contributed by atoms with Crippen molar-refractivity contribution in [2.75, 3.05) is 13.2 Å². The molecule has 5 nitrogen and oxygen atoms in total. The lowest BCUT2D eigenvalue weighted by Crippen LogP contribution is -2.56. The fourth-order valence-corrected chi connectivity index (χ4v) is 1.72. The van der Waals surface area contributed by atoms with Crippen LogP contribution in [0.5, 0.6) is 0 Å². The van der Waals surface area contributed by atoms with Crippen molar-refractivity contribution >= 4 is 12.1 Å². The Labute approximate surface area is 96.4 Å². The van der Waals surface area contributed by atoms with Crippen LogP contribution in [0.2, 0.25) is 0 Å². The molecule has 17 heavy (non-hydrogen) atoms. The molecule has 0 atom stereocenters. The number of nitrogens with one attached hydrogen (secondary N) is 1. The van der Waals surface area contributed by atoms with E-state index in [2.05, 4.69) is 16.6 Å². The lowest BCUT2D eigenvalue weighted by atomic mass is 9.66. The summed E-state index contributed by atoms with van der Waals surface area (Å²) in [6, 6.07) is 0. The van der Waals surface area contributed by atoms with E-state index in [1.54, 1.807) is 0 Å². The van der Waals surface area contributed by atoms with E-state index in [0.29, 0.717) is 0 Å². The van der Waals surface area contributed by atoms with E-state index in [1.807, 2.05) is 0 Å². The smallest absolute Gasteiger partial charge is 0.407 e. The van der Waals surface area contributed by atoms with Crippen molar-refractivity contribution in [3.05, 3.63) is 12.7 Å². The van der Waals surface area contributed by atoms with Crippen molar-refractivity contribution in [3.63, 3.8) is 0 Å². The molecule has 0 saturated heterocycles.